The fourth-order valence-electron chi connectivity index (χ4n) is 2.52. The van der Waals surface area contributed by atoms with Gasteiger partial charge in [-0.2, -0.15) is 0 Å². The van der Waals surface area contributed by atoms with Gasteiger partial charge < -0.3 is 5.73 Å². The number of amides is 3. The van der Waals surface area contributed by atoms with Gasteiger partial charge in [0.1, 0.15) is 0 Å². The standard InChI is InChI=1S/C16H20N6O2S/c1-9(2)12(14(23)19-15(17)24)25-16-21-20-13(22(16)11-3-4-11)10-5-7-18-8-6-10/h5-9,11-12H,3-4H2,1-2H3,(H3,17,19,23,24)/t12-/m1/s1. The highest BCUT2D eigenvalue weighted by molar-refractivity contribution is 8.00. The first-order chi connectivity index (χ1) is 12.0. The van der Waals surface area contributed by atoms with Crippen molar-refractivity contribution < 1.29 is 9.59 Å². The van der Waals surface area contributed by atoms with Crippen LogP contribution < -0.4 is 11.1 Å². The first-order valence-electron chi connectivity index (χ1n) is 8.09. The summed E-state index contributed by atoms with van der Waals surface area (Å²) in [4.78, 5) is 27.3. The average molecular weight is 360 g/mol. The number of imide groups is 1. The van der Waals surface area contributed by atoms with Crippen LogP contribution in [0.25, 0.3) is 11.4 Å². The van der Waals surface area contributed by atoms with Crippen LogP contribution in [-0.4, -0.2) is 36.9 Å². The summed E-state index contributed by atoms with van der Waals surface area (Å²) in [5.74, 6) is 0.353. The molecule has 9 heteroatoms. The van der Waals surface area contributed by atoms with Crippen LogP contribution in [-0.2, 0) is 4.79 Å². The fraction of sp³-hybridized carbons (Fsp3) is 0.438. The summed E-state index contributed by atoms with van der Waals surface area (Å²) in [6.07, 6.45) is 5.55. The molecule has 0 aliphatic heterocycles. The lowest BCUT2D eigenvalue weighted by Gasteiger charge is -2.19. The normalized spacial score (nSPS) is 15.2. The number of rotatable bonds is 6. The summed E-state index contributed by atoms with van der Waals surface area (Å²) >= 11 is 1.31. The largest absolute Gasteiger partial charge is 0.351 e. The first-order valence-corrected chi connectivity index (χ1v) is 8.97. The number of nitrogens with zero attached hydrogens (tertiary/aromatic N) is 4. The predicted octanol–water partition coefficient (Wildman–Crippen LogP) is 1.99. The Bertz CT molecular complexity index is 772. The number of primary amides is 1. The minimum atomic E-state index is -0.850. The molecule has 8 nitrogen and oxygen atoms in total. The molecule has 2 aromatic rings. The van der Waals surface area contributed by atoms with E-state index in [9.17, 15) is 9.59 Å². The minimum Gasteiger partial charge on any atom is -0.351 e. The summed E-state index contributed by atoms with van der Waals surface area (Å²) in [5, 5.41) is 11.0. The highest BCUT2D eigenvalue weighted by Gasteiger charge is 2.33. The third kappa shape index (κ3) is 3.98. The second-order valence-electron chi connectivity index (χ2n) is 6.28. The summed E-state index contributed by atoms with van der Waals surface area (Å²) in [5.41, 5.74) is 6.01. The molecule has 25 heavy (non-hydrogen) atoms. The number of thioether (sulfide) groups is 1. The summed E-state index contributed by atoms with van der Waals surface area (Å²) in [6, 6.07) is 3.26. The maximum Gasteiger partial charge on any atom is 0.318 e. The van der Waals surface area contributed by atoms with Crippen LogP contribution in [0, 0.1) is 5.92 Å². The maximum absolute atomic E-state index is 12.3. The number of nitrogens with two attached hydrogens (primary N) is 1. The summed E-state index contributed by atoms with van der Waals surface area (Å²) in [6.45, 7) is 3.83. The van der Waals surface area contributed by atoms with Gasteiger partial charge in [-0.05, 0) is 30.9 Å². The molecule has 2 aromatic heterocycles. The third-order valence-electron chi connectivity index (χ3n) is 3.86. The van der Waals surface area contributed by atoms with E-state index in [1.807, 2.05) is 26.0 Å². The molecule has 0 aromatic carbocycles. The van der Waals surface area contributed by atoms with E-state index in [1.165, 1.54) is 11.8 Å². The second-order valence-corrected chi connectivity index (χ2v) is 7.39. The molecule has 3 amide bonds. The van der Waals surface area contributed by atoms with E-state index >= 15 is 0 Å². The fourth-order valence-corrected chi connectivity index (χ4v) is 3.62. The molecule has 1 saturated carbocycles. The van der Waals surface area contributed by atoms with Gasteiger partial charge in [0.05, 0.1) is 5.25 Å². The van der Waals surface area contributed by atoms with Crippen molar-refractivity contribution in [1.82, 2.24) is 25.1 Å². The third-order valence-corrected chi connectivity index (χ3v) is 5.36. The molecule has 2 heterocycles. The zero-order chi connectivity index (χ0) is 18.0. The molecule has 1 aliphatic carbocycles. The van der Waals surface area contributed by atoms with E-state index < -0.39 is 17.2 Å². The van der Waals surface area contributed by atoms with Crippen molar-refractivity contribution in [2.24, 2.45) is 11.7 Å². The van der Waals surface area contributed by atoms with Crippen molar-refractivity contribution in [2.45, 2.75) is 43.1 Å². The van der Waals surface area contributed by atoms with E-state index in [2.05, 4.69) is 25.1 Å². The van der Waals surface area contributed by atoms with Gasteiger partial charge in [-0.3, -0.25) is 19.7 Å². The molecular formula is C16H20N6O2S. The SMILES string of the molecule is CC(C)[C@@H](Sc1nnc(-c2ccncc2)n1C1CC1)C(=O)NC(N)=O. The van der Waals surface area contributed by atoms with E-state index in [4.69, 9.17) is 5.73 Å². The van der Waals surface area contributed by atoms with Gasteiger partial charge in [0.15, 0.2) is 11.0 Å². The van der Waals surface area contributed by atoms with Crippen molar-refractivity contribution >= 4 is 23.7 Å². The van der Waals surface area contributed by atoms with Crippen LogP contribution in [0.15, 0.2) is 29.7 Å². The van der Waals surface area contributed by atoms with Crippen LogP contribution in [0.4, 0.5) is 4.79 Å². The first kappa shape index (κ1) is 17.4. The highest BCUT2D eigenvalue weighted by Crippen LogP contribution is 2.42. The molecule has 0 unspecified atom stereocenters. The summed E-state index contributed by atoms with van der Waals surface area (Å²) < 4.78 is 2.08. The van der Waals surface area contributed by atoms with Crippen molar-refractivity contribution in [3.8, 4) is 11.4 Å². The van der Waals surface area contributed by atoms with Crippen molar-refractivity contribution in [3.05, 3.63) is 24.5 Å². The average Bonchev–Trinajstić information content (AvgIpc) is 3.32. The Morgan fingerprint density at radius 1 is 1.28 bits per heavy atom. The topological polar surface area (TPSA) is 116 Å². The Labute approximate surface area is 149 Å². The molecule has 1 fully saturated rings. The monoisotopic (exact) mass is 360 g/mol. The Morgan fingerprint density at radius 3 is 2.52 bits per heavy atom. The molecule has 3 N–H and O–H groups in total. The Morgan fingerprint density at radius 2 is 1.96 bits per heavy atom. The van der Waals surface area contributed by atoms with Gasteiger partial charge in [0.25, 0.3) is 0 Å². The number of aromatic nitrogens is 4. The maximum atomic E-state index is 12.3. The molecule has 1 atom stereocenters. The Hall–Kier alpha value is -2.42. The minimum absolute atomic E-state index is 0.00178. The van der Waals surface area contributed by atoms with Gasteiger partial charge in [-0.25, -0.2) is 4.79 Å². The van der Waals surface area contributed by atoms with Crippen LogP contribution in [0.1, 0.15) is 32.7 Å². The van der Waals surface area contributed by atoms with Crippen LogP contribution in [0.3, 0.4) is 0 Å². The van der Waals surface area contributed by atoms with E-state index in [-0.39, 0.29) is 5.92 Å². The molecular weight excluding hydrogens is 340 g/mol. The quantitative estimate of drug-likeness (QED) is 0.761. The number of carbonyl (C=O) groups excluding carboxylic acids is 2. The lowest BCUT2D eigenvalue weighted by molar-refractivity contribution is -0.120. The Kier molecular flexibility index (Phi) is 5.03. The number of nitrogens with one attached hydrogen (secondary N) is 1. The smallest absolute Gasteiger partial charge is 0.318 e. The zero-order valence-electron chi connectivity index (χ0n) is 14.0. The lowest BCUT2D eigenvalue weighted by Crippen LogP contribution is -2.42. The molecule has 132 valence electrons. The zero-order valence-corrected chi connectivity index (χ0v) is 14.9. The van der Waals surface area contributed by atoms with Gasteiger partial charge >= 0.3 is 6.03 Å². The van der Waals surface area contributed by atoms with Crippen molar-refractivity contribution in [3.63, 3.8) is 0 Å². The summed E-state index contributed by atoms with van der Waals surface area (Å²) in [7, 11) is 0. The van der Waals surface area contributed by atoms with E-state index in [0.29, 0.717) is 11.2 Å². The van der Waals surface area contributed by atoms with Gasteiger partial charge in [0, 0.05) is 24.0 Å². The molecule has 0 radical (unpaired) electrons. The Balaban J connectivity index is 1.90. The molecule has 1 aliphatic rings. The van der Waals surface area contributed by atoms with E-state index in [1.54, 1.807) is 12.4 Å². The van der Waals surface area contributed by atoms with Gasteiger partial charge in [0.2, 0.25) is 5.91 Å². The molecule has 0 saturated heterocycles. The van der Waals surface area contributed by atoms with Crippen molar-refractivity contribution in [1.29, 1.82) is 0 Å². The van der Waals surface area contributed by atoms with Crippen LogP contribution >= 0.6 is 11.8 Å². The molecule has 3 rings (SSSR count). The molecule has 0 bridgehead atoms. The number of urea groups is 1. The second kappa shape index (κ2) is 7.22. The van der Waals surface area contributed by atoms with Crippen molar-refractivity contribution in [2.75, 3.05) is 0 Å². The van der Waals surface area contributed by atoms with Gasteiger partial charge in [-0.1, -0.05) is 25.6 Å². The van der Waals surface area contributed by atoms with E-state index in [0.717, 1.165) is 24.2 Å². The highest BCUT2D eigenvalue weighted by atomic mass is 32.2. The number of hydrogen-bond donors (Lipinski definition) is 2. The van der Waals surface area contributed by atoms with Crippen LogP contribution in [0.2, 0.25) is 0 Å². The molecule has 0 spiro atoms. The predicted molar refractivity (Wildman–Crippen MR) is 93.7 cm³/mol. The van der Waals surface area contributed by atoms with Gasteiger partial charge in [-0.15, -0.1) is 10.2 Å². The number of carbonyl (C=O) groups is 2. The van der Waals surface area contributed by atoms with Crippen LogP contribution in [0.5, 0.6) is 0 Å². The number of pyridine rings is 1. The lowest BCUT2D eigenvalue weighted by atomic mass is 10.1. The number of hydrogen-bond acceptors (Lipinski definition) is 6.